The molecule has 0 radical (unpaired) electrons. The van der Waals surface area contributed by atoms with Crippen molar-refractivity contribution in [3.05, 3.63) is 182 Å². The van der Waals surface area contributed by atoms with Gasteiger partial charge in [-0.2, -0.15) is 0 Å². The number of hydrogen-bond donors (Lipinski definition) is 16. The number of quaternary nitrogens is 5. The third kappa shape index (κ3) is 39.0. The lowest BCUT2D eigenvalue weighted by atomic mass is 10.1. The van der Waals surface area contributed by atoms with Crippen molar-refractivity contribution >= 4 is 102 Å². The fraction of sp³-hybridized carbons (Fsp3) is 0.489. The number of nitrogens with two attached hydrogens (primary N) is 14. The Morgan fingerprint density at radius 2 is 0.699 bits per heavy atom. The molecule has 0 atom stereocenters. The summed E-state index contributed by atoms with van der Waals surface area (Å²) in [6.45, 7) is 22.3. The summed E-state index contributed by atoms with van der Waals surface area (Å²) in [5, 5.41) is 6.69. The lowest BCUT2D eigenvalue weighted by molar-refractivity contribution is -0.917. The summed E-state index contributed by atoms with van der Waals surface area (Å²) >= 11 is 0. The summed E-state index contributed by atoms with van der Waals surface area (Å²) in [5.74, 6) is 0. The Labute approximate surface area is 737 Å². The smallest absolute Gasteiger partial charge is 0.243 e. The first kappa shape index (κ1) is 101. The Hall–Kier alpha value is -10.9. The molecule has 7 aromatic carbocycles. The number of aromatic nitrogens is 4. The minimum absolute atomic E-state index is 0.692. The van der Waals surface area contributed by atoms with E-state index in [9.17, 15) is 0 Å². The molecular formula is C94H162N27O2+7. The van der Waals surface area contributed by atoms with E-state index >= 15 is 0 Å². The molecule has 30 N–H and O–H groups in total. The number of morpholine rings is 2. The molecule has 3 aliphatic rings. The molecular weight excluding hydrogens is 1540 g/mol. The molecule has 12 rings (SSSR count). The van der Waals surface area contributed by atoms with Gasteiger partial charge in [0, 0.05) is 110 Å². The molecule has 3 aliphatic heterocycles. The number of nitrogen functional groups attached to an aromatic ring is 14. The summed E-state index contributed by atoms with van der Waals surface area (Å²) in [6.07, 6.45) is 26.5. The van der Waals surface area contributed by atoms with E-state index in [0.717, 1.165) is 236 Å². The highest BCUT2D eigenvalue weighted by Gasteiger charge is 2.28. The average Bonchev–Trinajstić information content (AvgIpc) is 1.76. The van der Waals surface area contributed by atoms with Gasteiger partial charge in [-0.3, -0.25) is 0 Å². The van der Waals surface area contributed by atoms with Gasteiger partial charge in [-0.1, -0.05) is 18.2 Å². The second kappa shape index (κ2) is 50.0. The normalized spacial score (nSPS) is 14.3. The molecule has 0 bridgehead atoms. The van der Waals surface area contributed by atoms with Crippen LogP contribution in [0.1, 0.15) is 74.5 Å². The van der Waals surface area contributed by atoms with Gasteiger partial charge >= 0.3 is 0 Å². The fourth-order valence-corrected chi connectivity index (χ4v) is 14.9. The molecule has 0 spiro atoms. The molecule has 678 valence electrons. The maximum atomic E-state index is 5.97. The zero-order valence-electron chi connectivity index (χ0n) is 77.2. The number of imidazole rings is 2. The van der Waals surface area contributed by atoms with Gasteiger partial charge in [0.2, 0.25) is 12.7 Å². The van der Waals surface area contributed by atoms with Crippen molar-refractivity contribution in [3.8, 4) is 0 Å². The third-order valence-electron chi connectivity index (χ3n) is 22.9. The molecule has 3 fully saturated rings. The molecule has 0 saturated carbocycles. The van der Waals surface area contributed by atoms with E-state index in [1.54, 1.807) is 18.2 Å². The third-order valence-corrected chi connectivity index (χ3v) is 22.9. The quantitative estimate of drug-likeness (QED) is 0.00807. The summed E-state index contributed by atoms with van der Waals surface area (Å²) in [7, 11) is 28.3. The molecule has 2 aromatic heterocycles. The van der Waals surface area contributed by atoms with E-state index in [2.05, 4.69) is 144 Å². The molecule has 3 saturated heterocycles. The summed E-state index contributed by atoms with van der Waals surface area (Å²) in [5.41, 5.74) is 99.3. The van der Waals surface area contributed by atoms with Crippen LogP contribution in [-0.4, -0.2) is 234 Å². The second-order valence-corrected chi connectivity index (χ2v) is 36.6. The summed E-state index contributed by atoms with van der Waals surface area (Å²) in [6, 6.07) is 39.9. The summed E-state index contributed by atoms with van der Waals surface area (Å²) in [4.78, 5) is 4.35. The number of likely N-dealkylation sites (N-methyl/N-ethyl adjacent to an activating group) is 4. The number of anilines is 18. The molecule has 0 unspecified atom stereocenters. The molecule has 29 nitrogen and oxygen atoms in total. The van der Waals surface area contributed by atoms with Crippen LogP contribution in [0.25, 0.3) is 0 Å². The molecule has 0 aliphatic carbocycles. The van der Waals surface area contributed by atoms with Gasteiger partial charge in [-0.15, -0.1) is 0 Å². The molecule has 0 amide bonds. The lowest BCUT2D eigenvalue weighted by Gasteiger charge is -2.37. The Balaban J connectivity index is 0.000000222. The van der Waals surface area contributed by atoms with Gasteiger partial charge in [0.15, 0.2) is 0 Å². The number of ether oxygens (including phenoxy) is 2. The Bertz CT molecular complexity index is 4550. The Morgan fingerprint density at radius 3 is 1.07 bits per heavy atom. The molecule has 5 heterocycles. The van der Waals surface area contributed by atoms with Crippen LogP contribution >= 0.6 is 0 Å². The first-order valence-corrected chi connectivity index (χ1v) is 43.9. The van der Waals surface area contributed by atoms with Crippen LogP contribution in [0, 0.1) is 0 Å². The number of benzene rings is 7. The number of hydrogen-bond acceptors (Lipinski definition) is 20. The predicted octanol–water partition coefficient (Wildman–Crippen LogP) is 9.27. The maximum Gasteiger partial charge on any atom is 0.243 e. The average molecular weight is 1700 g/mol. The van der Waals surface area contributed by atoms with Crippen LogP contribution in [0.2, 0.25) is 0 Å². The Kier molecular flexibility index (Phi) is 41.0. The lowest BCUT2D eigenvalue weighted by Crippen LogP contribution is -2.53. The monoisotopic (exact) mass is 1700 g/mol. The van der Waals surface area contributed by atoms with Crippen molar-refractivity contribution in [1.29, 1.82) is 0 Å². The van der Waals surface area contributed by atoms with Crippen LogP contribution in [0.5, 0.6) is 0 Å². The van der Waals surface area contributed by atoms with Gasteiger partial charge in [-0.25, -0.2) is 18.3 Å². The first-order chi connectivity index (χ1) is 58.2. The number of nitrogens with zero attached hydrogens (tertiary/aromatic N) is 11. The van der Waals surface area contributed by atoms with Crippen molar-refractivity contribution in [2.24, 2.45) is 14.1 Å². The standard InChI is InChI=1S/C15H26N3O.C15H26N3.C13H20N5.C13H23N4O.C13H19N4.C13H25N4.C12H23N4/c1-18(8-10-19-11-9-18)7-3-2-4-13-5-6-14(16)12-15(13)17;1-18(10-4-5-11-18)9-3-2-6-13-7-8-14(16)12-15(13)17;1-17-7-8-18(10-17)6-2-5-16-13-4-3-11(14)9-12(13)15;1-17(6-8-18-9-7-17)5-4-16-13-3-2-11(14)10-12(13)15;1-16-7-8-17(10-16)6-2-3-11-4-5-12(14)9-13(11)15;1-16(8-5-9-17(2,3)4)13-7-6-11(14)10-12(13)15;1-15(7-8-16(2,3)4)12-6-5-10(13)9-11(12)14/h5-6,12H,2-4,7-11,16-17H2,1H3;7-8,12H,2-6,9-11,16-17H2,1H3;3-4,7-10,16H,2,5-6,14-15H2,1H3;2-3,10,16H,4-9,14-15H2,1H3;4-5,7-10H,2-3,6,14-15H2,1H3;6-7,10H,5,8-9,14-15H2,1-4H3;5-6,9H,7-8,13-14H2,1-4H3/q7*+1. The van der Waals surface area contributed by atoms with Crippen LogP contribution < -0.4 is 110 Å². The minimum atomic E-state index is 0.692. The van der Waals surface area contributed by atoms with Crippen molar-refractivity contribution in [2.45, 2.75) is 90.1 Å². The SMILES string of the molecule is CN(CCC[N+](C)(C)C)c1ccc(N)cc1N.CN(CC[N+](C)(C)C)c1ccc(N)cc1N.C[N+]1(CCCCc2ccc(N)cc2N)CCCC1.C[N+]1(CCCCc2ccc(N)cc2N)CCOCC1.C[N+]1(CCNc2ccc(N)cc2N)CCOCC1.C[n+]1ccn(CCCNc2ccc(N)cc2N)c1.C[n+]1ccn(CCCc2ccc(N)cc2N)c1. The van der Waals surface area contributed by atoms with Crippen molar-refractivity contribution in [1.82, 2.24) is 9.13 Å². The summed E-state index contributed by atoms with van der Waals surface area (Å²) < 4.78 is 24.6. The van der Waals surface area contributed by atoms with E-state index < -0.39 is 0 Å². The van der Waals surface area contributed by atoms with Crippen molar-refractivity contribution in [3.63, 3.8) is 0 Å². The largest absolute Gasteiger partial charge is 0.399 e. The zero-order chi connectivity index (χ0) is 90.3. The van der Waals surface area contributed by atoms with Crippen LogP contribution in [-0.2, 0) is 55.9 Å². The van der Waals surface area contributed by atoms with Crippen LogP contribution in [0.15, 0.2) is 165 Å². The van der Waals surface area contributed by atoms with Crippen molar-refractivity contribution in [2.75, 3.05) is 303 Å². The van der Waals surface area contributed by atoms with E-state index in [1.807, 2.05) is 133 Å². The van der Waals surface area contributed by atoms with E-state index in [0.29, 0.717) is 34.1 Å². The van der Waals surface area contributed by atoms with E-state index in [1.165, 1.54) is 85.9 Å². The van der Waals surface area contributed by atoms with Crippen molar-refractivity contribution < 1.29 is 41.0 Å². The van der Waals surface area contributed by atoms with Crippen LogP contribution in [0.4, 0.5) is 102 Å². The molecule has 123 heavy (non-hydrogen) atoms. The predicted molar refractivity (Wildman–Crippen MR) is 524 cm³/mol. The maximum absolute atomic E-state index is 5.97. The molecule has 29 heteroatoms. The number of nitrogens with one attached hydrogen (secondary N) is 2. The fourth-order valence-electron chi connectivity index (χ4n) is 14.9. The highest BCUT2D eigenvalue weighted by atomic mass is 16.5. The Morgan fingerprint density at radius 1 is 0.366 bits per heavy atom. The van der Waals surface area contributed by atoms with Gasteiger partial charge in [0.1, 0.15) is 51.0 Å². The number of rotatable bonds is 32. The minimum Gasteiger partial charge on any atom is -0.399 e. The topological polar surface area (TPSA) is 431 Å². The van der Waals surface area contributed by atoms with Gasteiger partial charge in [0.05, 0.1) is 221 Å². The number of unbranched alkanes of at least 4 members (excludes halogenated alkanes) is 2. The highest BCUT2D eigenvalue weighted by Crippen LogP contribution is 2.29. The number of aryl methyl sites for hydroxylation is 7. The van der Waals surface area contributed by atoms with Crippen LogP contribution in [0.3, 0.4) is 0 Å². The van der Waals surface area contributed by atoms with Gasteiger partial charge in [0.25, 0.3) is 0 Å². The van der Waals surface area contributed by atoms with E-state index in [4.69, 9.17) is 89.7 Å². The first-order valence-electron chi connectivity index (χ1n) is 43.9. The van der Waals surface area contributed by atoms with E-state index in [-0.39, 0.29) is 0 Å². The zero-order valence-corrected chi connectivity index (χ0v) is 77.2. The highest BCUT2D eigenvalue weighted by molar-refractivity contribution is 5.74. The van der Waals surface area contributed by atoms with Gasteiger partial charge < -0.3 is 133 Å². The molecule has 9 aromatic rings. The van der Waals surface area contributed by atoms with Gasteiger partial charge in [-0.05, 0) is 177 Å². The number of likely N-dealkylation sites (tertiary alicyclic amines) is 1. The second-order valence-electron chi connectivity index (χ2n) is 36.6.